The summed E-state index contributed by atoms with van der Waals surface area (Å²) in [4.78, 5) is 14.0. The van der Waals surface area contributed by atoms with Crippen LogP contribution in [0.3, 0.4) is 0 Å². The van der Waals surface area contributed by atoms with Gasteiger partial charge in [0.15, 0.2) is 0 Å². The van der Waals surface area contributed by atoms with Gasteiger partial charge in [-0.1, -0.05) is 12.1 Å². The number of methoxy groups -OCH3 is 1. The molecule has 0 bridgehead atoms. The first-order chi connectivity index (χ1) is 7.94. The number of carbonyl (C=O) groups excluding carboxylic acids is 1. The van der Waals surface area contributed by atoms with Crippen molar-refractivity contribution in [2.75, 3.05) is 24.3 Å². The number of carbonyl (C=O) groups is 1. The summed E-state index contributed by atoms with van der Waals surface area (Å²) in [5.74, 6) is -0.0969. The number of nitrogens with zero attached hydrogens (tertiary/aromatic N) is 1. The Morgan fingerprint density at radius 3 is 2.47 bits per heavy atom. The molecule has 0 saturated carbocycles. The lowest BCUT2D eigenvalue weighted by Crippen LogP contribution is -2.46. The highest BCUT2D eigenvalue weighted by atomic mass is 16.5. The zero-order valence-electron chi connectivity index (χ0n) is 10.9. The van der Waals surface area contributed by atoms with Gasteiger partial charge in [-0.15, -0.1) is 0 Å². The quantitative estimate of drug-likeness (QED) is 0.814. The Hall–Kier alpha value is -1.55. The summed E-state index contributed by atoms with van der Waals surface area (Å²) in [6.07, 6.45) is 0. The van der Waals surface area contributed by atoms with E-state index in [-0.39, 0.29) is 5.91 Å². The molecule has 0 radical (unpaired) electrons. The molecule has 0 aliphatic carbocycles. The Labute approximate surface area is 102 Å². The monoisotopic (exact) mass is 236 g/mol. The largest absolute Gasteiger partial charge is 0.397 e. The Morgan fingerprint density at radius 2 is 2.00 bits per heavy atom. The van der Waals surface area contributed by atoms with E-state index in [1.54, 1.807) is 24.8 Å². The lowest BCUT2D eigenvalue weighted by Gasteiger charge is -2.30. The molecule has 17 heavy (non-hydrogen) atoms. The third kappa shape index (κ3) is 2.77. The molecule has 94 valence electrons. The molecule has 0 unspecified atom stereocenters. The van der Waals surface area contributed by atoms with Crippen molar-refractivity contribution in [3.63, 3.8) is 0 Å². The van der Waals surface area contributed by atoms with Gasteiger partial charge in [-0.3, -0.25) is 4.79 Å². The van der Waals surface area contributed by atoms with Crippen LogP contribution in [0.4, 0.5) is 11.4 Å². The fourth-order valence-corrected chi connectivity index (χ4v) is 1.57. The van der Waals surface area contributed by atoms with Crippen molar-refractivity contribution in [2.24, 2.45) is 0 Å². The van der Waals surface area contributed by atoms with E-state index in [0.29, 0.717) is 12.2 Å². The van der Waals surface area contributed by atoms with E-state index in [2.05, 4.69) is 0 Å². The summed E-state index contributed by atoms with van der Waals surface area (Å²) in [7, 11) is 1.53. The first-order valence-electron chi connectivity index (χ1n) is 5.65. The van der Waals surface area contributed by atoms with Gasteiger partial charge in [0, 0.05) is 13.7 Å². The van der Waals surface area contributed by atoms with Crippen LogP contribution < -0.4 is 10.6 Å². The van der Waals surface area contributed by atoms with E-state index in [1.165, 1.54) is 7.11 Å². The van der Waals surface area contributed by atoms with E-state index >= 15 is 0 Å². The topological polar surface area (TPSA) is 55.6 Å². The van der Waals surface area contributed by atoms with Crippen molar-refractivity contribution < 1.29 is 9.53 Å². The number of hydrogen-bond donors (Lipinski definition) is 1. The smallest absolute Gasteiger partial charge is 0.258 e. The summed E-state index contributed by atoms with van der Waals surface area (Å²) in [5, 5.41) is 0. The highest BCUT2D eigenvalue weighted by molar-refractivity contribution is 6.01. The average Bonchev–Trinajstić information content (AvgIpc) is 2.32. The molecule has 0 aliphatic heterocycles. The number of nitrogen functional groups attached to an aromatic ring is 1. The molecule has 1 aromatic carbocycles. The maximum absolute atomic E-state index is 12.3. The van der Waals surface area contributed by atoms with Crippen molar-refractivity contribution >= 4 is 17.3 Å². The van der Waals surface area contributed by atoms with Gasteiger partial charge in [-0.05, 0) is 32.9 Å². The second-order valence-electron chi connectivity index (χ2n) is 4.32. The van der Waals surface area contributed by atoms with Crippen LogP contribution in [-0.2, 0) is 9.53 Å². The van der Waals surface area contributed by atoms with Gasteiger partial charge >= 0.3 is 0 Å². The summed E-state index contributed by atoms with van der Waals surface area (Å²) in [6.45, 7) is 5.96. The van der Waals surface area contributed by atoms with E-state index < -0.39 is 5.60 Å². The van der Waals surface area contributed by atoms with Crippen LogP contribution in [0.2, 0.25) is 0 Å². The van der Waals surface area contributed by atoms with E-state index in [9.17, 15) is 4.79 Å². The Kier molecular flexibility index (Phi) is 4.12. The van der Waals surface area contributed by atoms with Gasteiger partial charge in [0.1, 0.15) is 5.60 Å². The second-order valence-corrected chi connectivity index (χ2v) is 4.32. The third-order valence-corrected chi connectivity index (χ3v) is 2.81. The van der Waals surface area contributed by atoms with Crippen molar-refractivity contribution in [3.8, 4) is 0 Å². The van der Waals surface area contributed by atoms with Crippen molar-refractivity contribution in [1.82, 2.24) is 0 Å². The lowest BCUT2D eigenvalue weighted by molar-refractivity contribution is -0.136. The summed E-state index contributed by atoms with van der Waals surface area (Å²) >= 11 is 0. The second kappa shape index (κ2) is 5.19. The predicted octanol–water partition coefficient (Wildman–Crippen LogP) is 2.05. The molecule has 0 heterocycles. The minimum absolute atomic E-state index is 0.0969. The zero-order chi connectivity index (χ0) is 13.1. The molecule has 0 aromatic heterocycles. The Morgan fingerprint density at radius 1 is 1.41 bits per heavy atom. The van der Waals surface area contributed by atoms with E-state index in [4.69, 9.17) is 10.5 Å². The van der Waals surface area contributed by atoms with E-state index in [0.717, 1.165) is 5.69 Å². The van der Waals surface area contributed by atoms with Gasteiger partial charge in [0.2, 0.25) is 0 Å². The van der Waals surface area contributed by atoms with Crippen LogP contribution in [0, 0.1) is 0 Å². The van der Waals surface area contributed by atoms with Gasteiger partial charge < -0.3 is 15.4 Å². The SMILES string of the molecule is CCN(C(=O)C(C)(C)OC)c1ccccc1N. The van der Waals surface area contributed by atoms with Crippen molar-refractivity contribution in [1.29, 1.82) is 0 Å². The van der Waals surface area contributed by atoms with Gasteiger partial charge in [0.25, 0.3) is 5.91 Å². The molecule has 1 rings (SSSR count). The lowest BCUT2D eigenvalue weighted by atomic mass is 10.1. The van der Waals surface area contributed by atoms with Gasteiger partial charge in [0.05, 0.1) is 11.4 Å². The van der Waals surface area contributed by atoms with Crippen LogP contribution in [0.5, 0.6) is 0 Å². The summed E-state index contributed by atoms with van der Waals surface area (Å²) in [5.41, 5.74) is 6.36. The van der Waals surface area contributed by atoms with Crippen LogP contribution in [0.15, 0.2) is 24.3 Å². The molecule has 4 heteroatoms. The molecule has 0 fully saturated rings. The number of rotatable bonds is 4. The average molecular weight is 236 g/mol. The molecule has 0 atom stereocenters. The molecule has 0 aliphatic rings. The minimum Gasteiger partial charge on any atom is -0.397 e. The van der Waals surface area contributed by atoms with Gasteiger partial charge in [-0.25, -0.2) is 0 Å². The third-order valence-electron chi connectivity index (χ3n) is 2.81. The maximum Gasteiger partial charge on any atom is 0.258 e. The number of hydrogen-bond acceptors (Lipinski definition) is 3. The molecule has 0 spiro atoms. The minimum atomic E-state index is -0.849. The number of benzene rings is 1. The van der Waals surface area contributed by atoms with Gasteiger partial charge in [-0.2, -0.15) is 0 Å². The molecule has 2 N–H and O–H groups in total. The number of ether oxygens (including phenoxy) is 1. The predicted molar refractivity (Wildman–Crippen MR) is 70.0 cm³/mol. The number of amides is 1. The van der Waals surface area contributed by atoms with Crippen LogP contribution in [0.1, 0.15) is 20.8 Å². The summed E-state index contributed by atoms with van der Waals surface area (Å²) < 4.78 is 5.21. The molecular weight excluding hydrogens is 216 g/mol. The van der Waals surface area contributed by atoms with E-state index in [1.807, 2.05) is 25.1 Å². The normalized spacial score (nSPS) is 11.3. The van der Waals surface area contributed by atoms with Crippen molar-refractivity contribution in [3.05, 3.63) is 24.3 Å². The maximum atomic E-state index is 12.3. The number of anilines is 2. The Balaban J connectivity index is 3.09. The fourth-order valence-electron chi connectivity index (χ4n) is 1.57. The highest BCUT2D eigenvalue weighted by Crippen LogP contribution is 2.25. The number of para-hydroxylation sites is 2. The van der Waals surface area contributed by atoms with Crippen molar-refractivity contribution in [2.45, 2.75) is 26.4 Å². The molecule has 1 aromatic rings. The molecule has 4 nitrogen and oxygen atoms in total. The first-order valence-corrected chi connectivity index (χ1v) is 5.65. The van der Waals surface area contributed by atoms with Crippen LogP contribution in [0.25, 0.3) is 0 Å². The Bertz CT molecular complexity index is 402. The fraction of sp³-hybridized carbons (Fsp3) is 0.462. The summed E-state index contributed by atoms with van der Waals surface area (Å²) in [6, 6.07) is 7.33. The standard InChI is InChI=1S/C13H20N2O2/c1-5-15(12(16)13(2,3)17-4)11-9-7-6-8-10(11)14/h6-9H,5,14H2,1-4H3. The zero-order valence-corrected chi connectivity index (χ0v) is 10.9. The number of nitrogens with two attached hydrogens (primary N) is 1. The molecule has 1 amide bonds. The van der Waals surface area contributed by atoms with Crippen LogP contribution >= 0.6 is 0 Å². The molecular formula is C13H20N2O2. The molecule has 0 saturated heterocycles. The first kappa shape index (κ1) is 13.5. The number of likely N-dealkylation sites (N-methyl/N-ethyl adjacent to an activating group) is 1. The van der Waals surface area contributed by atoms with Crippen LogP contribution in [-0.4, -0.2) is 25.2 Å². The highest BCUT2D eigenvalue weighted by Gasteiger charge is 2.32.